The predicted octanol–water partition coefficient (Wildman–Crippen LogP) is 2.54. The molecular formula is C11H9N3S. The number of thiophene rings is 1. The fourth-order valence-corrected chi connectivity index (χ4v) is 2.60. The van der Waals surface area contributed by atoms with Crippen molar-refractivity contribution in [3.05, 3.63) is 47.9 Å². The molecule has 0 atom stereocenters. The molecule has 0 unspecified atom stereocenters. The predicted molar refractivity (Wildman–Crippen MR) is 60.9 cm³/mol. The van der Waals surface area contributed by atoms with Crippen LogP contribution in [0.1, 0.15) is 5.56 Å². The Morgan fingerprint density at radius 2 is 2.20 bits per heavy atom. The first-order chi connectivity index (χ1) is 7.43. The van der Waals surface area contributed by atoms with Crippen LogP contribution in [0.25, 0.3) is 10.1 Å². The molecule has 4 heteroatoms. The molecule has 2 aromatic heterocycles. The number of hydrogen-bond acceptors (Lipinski definition) is 3. The van der Waals surface area contributed by atoms with Gasteiger partial charge in [0.1, 0.15) is 12.7 Å². The average molecular weight is 215 g/mol. The molecule has 2 heterocycles. The summed E-state index contributed by atoms with van der Waals surface area (Å²) in [5.41, 5.74) is 1.31. The van der Waals surface area contributed by atoms with Gasteiger partial charge in [0.15, 0.2) is 0 Å². The van der Waals surface area contributed by atoms with Crippen molar-refractivity contribution in [2.45, 2.75) is 6.54 Å². The second kappa shape index (κ2) is 3.47. The fourth-order valence-electron chi connectivity index (χ4n) is 1.64. The van der Waals surface area contributed by atoms with Crippen molar-refractivity contribution in [2.24, 2.45) is 0 Å². The number of fused-ring (bicyclic) bond motifs is 1. The van der Waals surface area contributed by atoms with Crippen LogP contribution < -0.4 is 0 Å². The topological polar surface area (TPSA) is 30.7 Å². The zero-order valence-electron chi connectivity index (χ0n) is 8.00. The smallest absolute Gasteiger partial charge is 0.137 e. The Balaban J connectivity index is 2.05. The molecule has 0 saturated heterocycles. The Kier molecular flexibility index (Phi) is 1.99. The summed E-state index contributed by atoms with van der Waals surface area (Å²) < 4.78 is 3.17. The highest BCUT2D eigenvalue weighted by Gasteiger charge is 2.03. The van der Waals surface area contributed by atoms with Crippen LogP contribution in [0.5, 0.6) is 0 Å². The molecule has 0 aliphatic carbocycles. The van der Waals surface area contributed by atoms with Crippen molar-refractivity contribution < 1.29 is 0 Å². The van der Waals surface area contributed by atoms with Gasteiger partial charge in [0.05, 0.1) is 6.54 Å². The van der Waals surface area contributed by atoms with Gasteiger partial charge in [-0.15, -0.1) is 11.3 Å². The quantitative estimate of drug-likeness (QED) is 0.657. The van der Waals surface area contributed by atoms with E-state index in [9.17, 15) is 0 Å². The van der Waals surface area contributed by atoms with Gasteiger partial charge in [0.2, 0.25) is 0 Å². The third-order valence-corrected chi connectivity index (χ3v) is 3.37. The second-order valence-corrected chi connectivity index (χ2v) is 4.26. The lowest BCUT2D eigenvalue weighted by atomic mass is 10.2. The van der Waals surface area contributed by atoms with E-state index in [-0.39, 0.29) is 0 Å². The largest absolute Gasteiger partial charge is 0.249 e. The van der Waals surface area contributed by atoms with Gasteiger partial charge in [0, 0.05) is 4.70 Å². The summed E-state index contributed by atoms with van der Waals surface area (Å²) in [5, 5.41) is 7.61. The van der Waals surface area contributed by atoms with Gasteiger partial charge in [-0.1, -0.05) is 18.2 Å². The third kappa shape index (κ3) is 1.53. The molecule has 0 aliphatic rings. The molecule has 0 aliphatic heterocycles. The molecule has 74 valence electrons. The van der Waals surface area contributed by atoms with E-state index in [0.29, 0.717) is 0 Å². The maximum Gasteiger partial charge on any atom is 0.137 e. The van der Waals surface area contributed by atoms with Gasteiger partial charge in [-0.05, 0) is 22.4 Å². The second-order valence-electron chi connectivity index (χ2n) is 3.35. The molecule has 0 saturated carbocycles. The van der Waals surface area contributed by atoms with E-state index in [1.54, 1.807) is 24.0 Å². The monoisotopic (exact) mass is 215 g/mol. The van der Waals surface area contributed by atoms with Gasteiger partial charge >= 0.3 is 0 Å². The molecule has 0 spiro atoms. The van der Waals surface area contributed by atoms with Crippen molar-refractivity contribution in [3.63, 3.8) is 0 Å². The highest BCUT2D eigenvalue weighted by molar-refractivity contribution is 7.17. The molecule has 3 rings (SSSR count). The maximum atomic E-state index is 4.11. The minimum Gasteiger partial charge on any atom is -0.249 e. The first-order valence-electron chi connectivity index (χ1n) is 4.71. The molecule has 0 fully saturated rings. The first kappa shape index (κ1) is 8.61. The van der Waals surface area contributed by atoms with Crippen LogP contribution in [0.15, 0.2) is 42.3 Å². The lowest BCUT2D eigenvalue weighted by molar-refractivity contribution is 0.689. The summed E-state index contributed by atoms with van der Waals surface area (Å²) in [6.07, 6.45) is 3.31. The number of nitrogens with zero attached hydrogens (tertiary/aromatic N) is 3. The van der Waals surface area contributed by atoms with Crippen molar-refractivity contribution >= 4 is 21.4 Å². The van der Waals surface area contributed by atoms with Gasteiger partial charge in [-0.3, -0.25) is 0 Å². The zero-order valence-corrected chi connectivity index (χ0v) is 8.81. The minimum atomic E-state index is 0.796. The van der Waals surface area contributed by atoms with E-state index >= 15 is 0 Å². The highest BCUT2D eigenvalue weighted by atomic mass is 32.1. The molecule has 3 nitrogen and oxygen atoms in total. The SMILES string of the molecule is c1ccc2c(Cn3cncn3)csc2c1. The first-order valence-corrected chi connectivity index (χ1v) is 5.59. The lowest BCUT2D eigenvalue weighted by Crippen LogP contribution is -1.98. The summed E-state index contributed by atoms with van der Waals surface area (Å²) in [7, 11) is 0. The molecule has 3 aromatic rings. The third-order valence-electron chi connectivity index (χ3n) is 2.36. The summed E-state index contributed by atoms with van der Waals surface area (Å²) in [5.74, 6) is 0. The number of benzene rings is 1. The van der Waals surface area contributed by atoms with E-state index in [4.69, 9.17) is 0 Å². The van der Waals surface area contributed by atoms with Crippen LogP contribution in [-0.2, 0) is 6.54 Å². The van der Waals surface area contributed by atoms with Crippen LogP contribution in [0, 0.1) is 0 Å². The Morgan fingerprint density at radius 1 is 1.27 bits per heavy atom. The standard InChI is InChI=1S/C11H9N3S/c1-2-4-11-10(3-1)9(6-15-11)5-14-8-12-7-13-14/h1-4,6-8H,5H2. The summed E-state index contributed by atoms with van der Waals surface area (Å²) in [6.45, 7) is 0.796. The van der Waals surface area contributed by atoms with Crippen molar-refractivity contribution in [1.29, 1.82) is 0 Å². The molecular weight excluding hydrogens is 206 g/mol. The van der Waals surface area contributed by atoms with Gasteiger partial charge in [0.25, 0.3) is 0 Å². The van der Waals surface area contributed by atoms with Crippen LogP contribution >= 0.6 is 11.3 Å². The molecule has 0 N–H and O–H groups in total. The summed E-state index contributed by atoms with van der Waals surface area (Å²) in [4.78, 5) is 3.94. The van der Waals surface area contributed by atoms with E-state index in [1.165, 1.54) is 15.6 Å². The lowest BCUT2D eigenvalue weighted by Gasteiger charge is -1.98. The number of hydrogen-bond donors (Lipinski definition) is 0. The highest BCUT2D eigenvalue weighted by Crippen LogP contribution is 2.25. The van der Waals surface area contributed by atoms with E-state index in [2.05, 4.69) is 39.7 Å². The Morgan fingerprint density at radius 3 is 3.07 bits per heavy atom. The van der Waals surface area contributed by atoms with Crippen LogP contribution in [-0.4, -0.2) is 14.8 Å². The Hall–Kier alpha value is -1.68. The van der Waals surface area contributed by atoms with E-state index in [1.807, 2.05) is 4.68 Å². The molecule has 0 amide bonds. The summed E-state index contributed by atoms with van der Waals surface area (Å²) in [6, 6.07) is 8.43. The molecule has 0 radical (unpaired) electrons. The van der Waals surface area contributed by atoms with Gasteiger partial charge in [-0.2, -0.15) is 5.10 Å². The maximum absolute atomic E-state index is 4.11. The Labute approximate surface area is 91.0 Å². The average Bonchev–Trinajstić information content (AvgIpc) is 2.89. The zero-order chi connectivity index (χ0) is 10.1. The minimum absolute atomic E-state index is 0.796. The van der Waals surface area contributed by atoms with Crippen LogP contribution in [0.3, 0.4) is 0 Å². The normalized spacial score (nSPS) is 10.9. The Bertz CT molecular complexity index is 568. The molecule has 0 bridgehead atoms. The number of rotatable bonds is 2. The molecule has 15 heavy (non-hydrogen) atoms. The van der Waals surface area contributed by atoms with Crippen LogP contribution in [0.4, 0.5) is 0 Å². The molecule has 1 aromatic carbocycles. The van der Waals surface area contributed by atoms with E-state index in [0.717, 1.165) is 6.54 Å². The van der Waals surface area contributed by atoms with Crippen molar-refractivity contribution in [2.75, 3.05) is 0 Å². The number of aromatic nitrogens is 3. The van der Waals surface area contributed by atoms with E-state index < -0.39 is 0 Å². The van der Waals surface area contributed by atoms with Gasteiger partial charge in [-0.25, -0.2) is 9.67 Å². The summed E-state index contributed by atoms with van der Waals surface area (Å²) >= 11 is 1.77. The van der Waals surface area contributed by atoms with Gasteiger partial charge < -0.3 is 0 Å². The fraction of sp³-hybridized carbons (Fsp3) is 0.0909. The van der Waals surface area contributed by atoms with Crippen molar-refractivity contribution in [1.82, 2.24) is 14.8 Å². The van der Waals surface area contributed by atoms with Crippen LogP contribution in [0.2, 0.25) is 0 Å². The van der Waals surface area contributed by atoms with Crippen molar-refractivity contribution in [3.8, 4) is 0 Å².